The monoisotopic (exact) mass is 245 g/mol. The summed E-state index contributed by atoms with van der Waals surface area (Å²) < 4.78 is 11.0. The number of aliphatic hydroxyl groups excluding tert-OH is 1. The van der Waals surface area contributed by atoms with Crippen LogP contribution in [0.5, 0.6) is 0 Å². The van der Waals surface area contributed by atoms with E-state index in [1.807, 2.05) is 6.92 Å². The minimum absolute atomic E-state index is 0.126. The average Bonchev–Trinajstić information content (AvgIpc) is 2.21. The molecule has 1 rings (SSSR count). The van der Waals surface area contributed by atoms with Gasteiger partial charge in [0.2, 0.25) is 0 Å². The van der Waals surface area contributed by atoms with Gasteiger partial charge in [-0.05, 0) is 25.7 Å². The van der Waals surface area contributed by atoms with Crippen molar-refractivity contribution >= 4 is 0 Å². The maximum atomic E-state index is 9.78. The van der Waals surface area contributed by atoms with E-state index in [1.165, 1.54) is 0 Å². The van der Waals surface area contributed by atoms with Gasteiger partial charge in [-0.15, -0.1) is 0 Å². The smallest absolute Gasteiger partial charge is 0.0986 e. The van der Waals surface area contributed by atoms with Crippen molar-refractivity contribution in [3.8, 4) is 0 Å². The van der Waals surface area contributed by atoms with Crippen LogP contribution in [0, 0.1) is 5.92 Å². The van der Waals surface area contributed by atoms with Gasteiger partial charge in [0, 0.05) is 26.3 Å². The topological polar surface area (TPSA) is 50.7 Å². The van der Waals surface area contributed by atoms with Crippen LogP contribution < -0.4 is 5.32 Å². The standard InChI is InChI=1S/C13H27NO3/c1-5-17-12-7-11(13(12)16-4)14-8-10(15)6-9(2)3/h9-15H,5-8H2,1-4H3. The van der Waals surface area contributed by atoms with Crippen LogP contribution in [0.15, 0.2) is 0 Å². The van der Waals surface area contributed by atoms with Crippen LogP contribution in [0.2, 0.25) is 0 Å². The molecule has 0 aliphatic heterocycles. The van der Waals surface area contributed by atoms with Crippen LogP contribution in [-0.2, 0) is 9.47 Å². The Morgan fingerprint density at radius 3 is 2.65 bits per heavy atom. The van der Waals surface area contributed by atoms with E-state index in [-0.39, 0.29) is 18.3 Å². The largest absolute Gasteiger partial charge is 0.392 e. The first-order valence-corrected chi connectivity index (χ1v) is 6.64. The molecule has 0 radical (unpaired) electrons. The molecule has 0 amide bonds. The molecule has 0 saturated heterocycles. The van der Waals surface area contributed by atoms with Crippen LogP contribution in [-0.4, -0.2) is 49.7 Å². The van der Waals surface area contributed by atoms with Crippen molar-refractivity contribution in [1.29, 1.82) is 0 Å². The summed E-state index contributed by atoms with van der Waals surface area (Å²) in [6.07, 6.45) is 1.89. The first-order chi connectivity index (χ1) is 8.08. The fraction of sp³-hybridized carbons (Fsp3) is 1.00. The molecule has 0 bridgehead atoms. The summed E-state index contributed by atoms with van der Waals surface area (Å²) in [5.41, 5.74) is 0. The maximum Gasteiger partial charge on any atom is 0.0986 e. The van der Waals surface area contributed by atoms with E-state index in [2.05, 4.69) is 19.2 Å². The van der Waals surface area contributed by atoms with Gasteiger partial charge in [-0.3, -0.25) is 0 Å². The van der Waals surface area contributed by atoms with Gasteiger partial charge in [0.05, 0.1) is 18.3 Å². The first kappa shape index (κ1) is 14.9. The summed E-state index contributed by atoms with van der Waals surface area (Å²) in [5.74, 6) is 0.530. The molecule has 4 atom stereocenters. The fourth-order valence-corrected chi connectivity index (χ4v) is 2.39. The molecule has 0 heterocycles. The van der Waals surface area contributed by atoms with Crippen molar-refractivity contribution in [1.82, 2.24) is 5.32 Å². The predicted molar refractivity (Wildman–Crippen MR) is 68.1 cm³/mol. The summed E-state index contributed by atoms with van der Waals surface area (Å²) in [5, 5.41) is 13.1. The second-order valence-electron chi connectivity index (χ2n) is 5.23. The van der Waals surface area contributed by atoms with Gasteiger partial charge in [0.15, 0.2) is 0 Å². The number of ether oxygens (including phenoxy) is 2. The molecule has 1 saturated carbocycles. The molecule has 4 heteroatoms. The van der Waals surface area contributed by atoms with Crippen LogP contribution in [0.4, 0.5) is 0 Å². The lowest BCUT2D eigenvalue weighted by molar-refractivity contribution is -0.132. The molecule has 0 aromatic heterocycles. The Hall–Kier alpha value is -0.160. The normalized spacial score (nSPS) is 30.4. The molecule has 2 N–H and O–H groups in total. The van der Waals surface area contributed by atoms with Crippen LogP contribution in [0.25, 0.3) is 0 Å². The summed E-state index contributed by atoms with van der Waals surface area (Å²) in [7, 11) is 1.72. The van der Waals surface area contributed by atoms with Crippen LogP contribution >= 0.6 is 0 Å². The van der Waals surface area contributed by atoms with Gasteiger partial charge < -0.3 is 19.9 Å². The summed E-state index contributed by atoms with van der Waals surface area (Å²) in [4.78, 5) is 0. The SMILES string of the molecule is CCOC1CC(NCC(O)CC(C)C)C1OC. The predicted octanol–water partition coefficient (Wildman–Crippen LogP) is 1.18. The lowest BCUT2D eigenvalue weighted by Gasteiger charge is -2.43. The van der Waals surface area contributed by atoms with Crippen molar-refractivity contribution in [3.63, 3.8) is 0 Å². The molecule has 0 spiro atoms. The molecule has 0 aromatic carbocycles. The third-order valence-electron chi connectivity index (χ3n) is 3.26. The Balaban J connectivity index is 2.20. The lowest BCUT2D eigenvalue weighted by atomic mass is 9.85. The Morgan fingerprint density at radius 1 is 1.41 bits per heavy atom. The quantitative estimate of drug-likeness (QED) is 0.674. The van der Waals surface area contributed by atoms with E-state index in [4.69, 9.17) is 9.47 Å². The zero-order chi connectivity index (χ0) is 12.8. The van der Waals surface area contributed by atoms with E-state index in [1.54, 1.807) is 7.11 Å². The zero-order valence-corrected chi connectivity index (χ0v) is 11.5. The van der Waals surface area contributed by atoms with Gasteiger partial charge in [0.1, 0.15) is 0 Å². The van der Waals surface area contributed by atoms with Crippen LogP contribution in [0.1, 0.15) is 33.6 Å². The molecule has 4 unspecified atom stereocenters. The molecule has 102 valence electrons. The van der Waals surface area contributed by atoms with Gasteiger partial charge in [-0.2, -0.15) is 0 Å². The molecular formula is C13H27NO3. The third-order valence-corrected chi connectivity index (χ3v) is 3.26. The minimum Gasteiger partial charge on any atom is -0.392 e. The zero-order valence-electron chi connectivity index (χ0n) is 11.5. The fourth-order valence-electron chi connectivity index (χ4n) is 2.39. The summed E-state index contributed by atoms with van der Waals surface area (Å²) in [6.45, 7) is 7.61. The Morgan fingerprint density at radius 2 is 2.12 bits per heavy atom. The Labute approximate surface area is 105 Å². The molecule has 1 fully saturated rings. The number of hydrogen-bond acceptors (Lipinski definition) is 4. The second-order valence-corrected chi connectivity index (χ2v) is 5.23. The molecule has 1 aliphatic carbocycles. The number of methoxy groups -OCH3 is 1. The highest BCUT2D eigenvalue weighted by atomic mass is 16.5. The Bertz CT molecular complexity index is 211. The highest BCUT2D eigenvalue weighted by Gasteiger charge is 2.41. The van der Waals surface area contributed by atoms with Gasteiger partial charge in [-0.25, -0.2) is 0 Å². The highest BCUT2D eigenvalue weighted by Crippen LogP contribution is 2.26. The first-order valence-electron chi connectivity index (χ1n) is 6.64. The lowest BCUT2D eigenvalue weighted by Crippen LogP contribution is -2.60. The summed E-state index contributed by atoms with van der Waals surface area (Å²) >= 11 is 0. The maximum absolute atomic E-state index is 9.78. The molecule has 1 aliphatic rings. The van der Waals surface area contributed by atoms with E-state index in [9.17, 15) is 5.11 Å². The number of rotatable bonds is 8. The van der Waals surface area contributed by atoms with Crippen molar-refractivity contribution in [2.75, 3.05) is 20.3 Å². The molecule has 17 heavy (non-hydrogen) atoms. The van der Waals surface area contributed by atoms with E-state index in [0.29, 0.717) is 18.5 Å². The van der Waals surface area contributed by atoms with Crippen molar-refractivity contribution in [2.24, 2.45) is 5.92 Å². The Kier molecular flexibility index (Phi) is 6.41. The van der Waals surface area contributed by atoms with Gasteiger partial charge >= 0.3 is 0 Å². The molecular weight excluding hydrogens is 218 g/mol. The van der Waals surface area contributed by atoms with E-state index in [0.717, 1.165) is 19.4 Å². The van der Waals surface area contributed by atoms with Gasteiger partial charge in [0.25, 0.3) is 0 Å². The molecule has 0 aromatic rings. The number of nitrogens with one attached hydrogen (secondary N) is 1. The van der Waals surface area contributed by atoms with Crippen LogP contribution in [0.3, 0.4) is 0 Å². The van der Waals surface area contributed by atoms with Crippen molar-refractivity contribution in [2.45, 2.75) is 58.0 Å². The van der Waals surface area contributed by atoms with Crippen molar-refractivity contribution < 1.29 is 14.6 Å². The minimum atomic E-state index is -0.265. The average molecular weight is 245 g/mol. The molecule has 4 nitrogen and oxygen atoms in total. The van der Waals surface area contributed by atoms with E-state index >= 15 is 0 Å². The van der Waals surface area contributed by atoms with Gasteiger partial charge in [-0.1, -0.05) is 13.8 Å². The second kappa shape index (κ2) is 7.31. The number of aliphatic hydroxyl groups is 1. The highest BCUT2D eigenvalue weighted by molar-refractivity contribution is 4.97. The number of hydrogen-bond donors (Lipinski definition) is 2. The summed E-state index contributed by atoms with van der Waals surface area (Å²) in [6, 6.07) is 0.318. The van der Waals surface area contributed by atoms with Crippen molar-refractivity contribution in [3.05, 3.63) is 0 Å². The van der Waals surface area contributed by atoms with E-state index < -0.39 is 0 Å². The third kappa shape index (κ3) is 4.54.